The molecule has 1 aromatic rings. The number of nitrogens with zero attached hydrogens (tertiary/aromatic N) is 2. The second-order valence-corrected chi connectivity index (χ2v) is 8.60. The van der Waals surface area contributed by atoms with Crippen molar-refractivity contribution < 1.29 is 4.79 Å². The Balaban J connectivity index is 1.64. The summed E-state index contributed by atoms with van der Waals surface area (Å²) in [6.07, 6.45) is 15.2. The molecule has 1 aromatic carbocycles. The quantitative estimate of drug-likeness (QED) is 0.666. The van der Waals surface area contributed by atoms with Crippen molar-refractivity contribution in [3.05, 3.63) is 95.5 Å². The second-order valence-electron chi connectivity index (χ2n) is 8.60. The Morgan fingerprint density at radius 1 is 1.28 bits per heavy atom. The van der Waals surface area contributed by atoms with Crippen molar-refractivity contribution in [1.29, 1.82) is 0 Å². The molecule has 2 N–H and O–H groups in total. The fourth-order valence-corrected chi connectivity index (χ4v) is 4.60. The molecule has 2 heterocycles. The van der Waals surface area contributed by atoms with Crippen LogP contribution >= 0.6 is 0 Å². The highest BCUT2D eigenvalue weighted by molar-refractivity contribution is 5.81. The molecule has 5 nitrogen and oxygen atoms in total. The van der Waals surface area contributed by atoms with Gasteiger partial charge in [-0.25, -0.2) is 5.43 Å². The number of carbonyl (C=O) groups excluding carboxylic acids is 1. The predicted octanol–water partition coefficient (Wildman–Crippen LogP) is 4.23. The van der Waals surface area contributed by atoms with Gasteiger partial charge in [0.2, 0.25) is 5.91 Å². The molecular formula is C27H32N4O. The van der Waals surface area contributed by atoms with Crippen LogP contribution in [0.1, 0.15) is 30.4 Å². The molecule has 0 saturated heterocycles. The molecule has 5 heteroatoms. The van der Waals surface area contributed by atoms with Crippen molar-refractivity contribution in [3.63, 3.8) is 0 Å². The van der Waals surface area contributed by atoms with E-state index in [0.717, 1.165) is 36.9 Å². The fraction of sp³-hybridized carbons (Fsp3) is 0.296. The average molecular weight is 429 g/mol. The third kappa shape index (κ3) is 4.34. The third-order valence-corrected chi connectivity index (χ3v) is 6.26. The first-order chi connectivity index (χ1) is 15.5. The topological polar surface area (TPSA) is 47.6 Å². The Bertz CT molecular complexity index is 1050. The number of nitrogens with one attached hydrogen (secondary N) is 2. The van der Waals surface area contributed by atoms with Crippen LogP contribution < -0.4 is 10.7 Å². The largest absolute Gasteiger partial charge is 0.383 e. The van der Waals surface area contributed by atoms with E-state index in [4.69, 9.17) is 0 Å². The third-order valence-electron chi connectivity index (χ3n) is 6.26. The molecule has 32 heavy (non-hydrogen) atoms. The molecule has 1 aliphatic carbocycles. The molecule has 0 fully saturated rings. The van der Waals surface area contributed by atoms with E-state index in [1.54, 1.807) is 7.05 Å². The lowest BCUT2D eigenvalue weighted by molar-refractivity contribution is -0.124. The molecule has 166 valence electrons. The lowest BCUT2D eigenvalue weighted by Crippen LogP contribution is -2.30. The molecule has 0 spiro atoms. The highest BCUT2D eigenvalue weighted by atomic mass is 16.1. The first kappa shape index (κ1) is 21.9. The Labute approximate surface area is 191 Å². The number of rotatable bonds is 6. The molecular weight excluding hydrogens is 396 g/mol. The highest BCUT2D eigenvalue weighted by Gasteiger charge is 2.30. The van der Waals surface area contributed by atoms with E-state index < -0.39 is 0 Å². The number of fused-ring (bicyclic) bond motifs is 1. The van der Waals surface area contributed by atoms with Gasteiger partial charge < -0.3 is 10.2 Å². The monoisotopic (exact) mass is 428 g/mol. The minimum absolute atomic E-state index is 0.0801. The van der Waals surface area contributed by atoms with Crippen LogP contribution in [0.3, 0.4) is 0 Å². The first-order valence-corrected chi connectivity index (χ1v) is 11.2. The molecule has 1 unspecified atom stereocenters. The minimum Gasteiger partial charge on any atom is -0.383 e. The van der Waals surface area contributed by atoms with Gasteiger partial charge in [-0.15, -0.1) is 0 Å². The van der Waals surface area contributed by atoms with Gasteiger partial charge >= 0.3 is 0 Å². The van der Waals surface area contributed by atoms with Gasteiger partial charge in [-0.3, -0.25) is 9.80 Å². The van der Waals surface area contributed by atoms with E-state index in [0.29, 0.717) is 0 Å². The number of hydrogen-bond donors (Lipinski definition) is 2. The van der Waals surface area contributed by atoms with E-state index in [1.807, 2.05) is 25.1 Å². The van der Waals surface area contributed by atoms with Crippen LogP contribution in [0.4, 0.5) is 0 Å². The van der Waals surface area contributed by atoms with Crippen LogP contribution in [0.2, 0.25) is 0 Å². The SMILES string of the molecule is C=C/C(=C\N(C)C)c1ccc(C2=C3C(C4=CCC(C(=O)NC)CC4)=CC=CN3NC2)cc1. The summed E-state index contributed by atoms with van der Waals surface area (Å²) in [5.41, 5.74) is 12.1. The van der Waals surface area contributed by atoms with Gasteiger partial charge in [0, 0.05) is 57.2 Å². The zero-order chi connectivity index (χ0) is 22.7. The zero-order valence-corrected chi connectivity index (χ0v) is 19.2. The molecule has 1 atom stereocenters. The van der Waals surface area contributed by atoms with Crippen molar-refractivity contribution in [3.8, 4) is 0 Å². The van der Waals surface area contributed by atoms with Gasteiger partial charge in [-0.2, -0.15) is 0 Å². The molecule has 0 aromatic heterocycles. The fourth-order valence-electron chi connectivity index (χ4n) is 4.60. The number of benzene rings is 1. The van der Waals surface area contributed by atoms with E-state index in [-0.39, 0.29) is 11.8 Å². The van der Waals surface area contributed by atoms with Gasteiger partial charge in [0.1, 0.15) is 0 Å². The lowest BCUT2D eigenvalue weighted by Gasteiger charge is -2.28. The van der Waals surface area contributed by atoms with Crippen LogP contribution in [-0.4, -0.2) is 43.5 Å². The van der Waals surface area contributed by atoms with E-state index in [1.165, 1.54) is 28.0 Å². The summed E-state index contributed by atoms with van der Waals surface area (Å²) in [5, 5.41) is 4.92. The van der Waals surface area contributed by atoms with Crippen molar-refractivity contribution in [1.82, 2.24) is 20.7 Å². The van der Waals surface area contributed by atoms with Crippen LogP contribution in [-0.2, 0) is 4.79 Å². The number of allylic oxidation sites excluding steroid dienone is 6. The average Bonchev–Trinajstić information content (AvgIpc) is 3.26. The van der Waals surface area contributed by atoms with Crippen molar-refractivity contribution in [2.24, 2.45) is 5.92 Å². The maximum atomic E-state index is 12.0. The normalized spacial score (nSPS) is 20.5. The first-order valence-electron chi connectivity index (χ1n) is 11.2. The van der Waals surface area contributed by atoms with Crippen molar-refractivity contribution in [2.45, 2.75) is 19.3 Å². The van der Waals surface area contributed by atoms with Crippen molar-refractivity contribution >= 4 is 17.1 Å². The van der Waals surface area contributed by atoms with Crippen LogP contribution in [0, 0.1) is 5.92 Å². The molecule has 2 aliphatic heterocycles. The van der Waals surface area contributed by atoms with Gasteiger partial charge in [-0.1, -0.05) is 49.1 Å². The summed E-state index contributed by atoms with van der Waals surface area (Å²) in [5.74, 6) is 0.223. The molecule has 3 aliphatic rings. The van der Waals surface area contributed by atoms with Gasteiger partial charge in [0.15, 0.2) is 0 Å². The second kappa shape index (κ2) is 9.45. The number of amides is 1. The molecule has 1 amide bonds. The minimum atomic E-state index is 0.0801. The summed E-state index contributed by atoms with van der Waals surface area (Å²) >= 11 is 0. The van der Waals surface area contributed by atoms with E-state index in [2.05, 4.69) is 77.2 Å². The van der Waals surface area contributed by atoms with Crippen LogP contribution in [0.25, 0.3) is 11.1 Å². The number of carbonyl (C=O) groups is 1. The standard InChI is InChI=1S/C27H32N4O/c1-5-19(18-30(3)4)20-8-10-22(11-9-20)25-17-29-31-16-6-7-24(26(25)31)21-12-14-23(15-13-21)27(32)28-2/h5-12,16,18,23,29H,1,13-15,17H2,2-4H3,(H,28,32)/b19-18+. The molecule has 4 rings (SSSR count). The Kier molecular flexibility index (Phi) is 6.47. The number of hydrazine groups is 1. The maximum Gasteiger partial charge on any atom is 0.223 e. The summed E-state index contributed by atoms with van der Waals surface area (Å²) in [7, 11) is 5.75. The van der Waals surface area contributed by atoms with Gasteiger partial charge in [0.05, 0.1) is 5.70 Å². The Morgan fingerprint density at radius 2 is 2.06 bits per heavy atom. The predicted molar refractivity (Wildman–Crippen MR) is 132 cm³/mol. The maximum absolute atomic E-state index is 12.0. The van der Waals surface area contributed by atoms with Crippen LogP contribution in [0.5, 0.6) is 0 Å². The zero-order valence-electron chi connectivity index (χ0n) is 19.2. The Hall–Kier alpha value is -3.31. The highest BCUT2D eigenvalue weighted by Crippen LogP contribution is 2.39. The Morgan fingerprint density at radius 3 is 2.69 bits per heavy atom. The summed E-state index contributed by atoms with van der Waals surface area (Å²) in [6, 6.07) is 8.72. The number of hydrogen-bond acceptors (Lipinski definition) is 4. The van der Waals surface area contributed by atoms with Gasteiger partial charge in [0.25, 0.3) is 0 Å². The smallest absolute Gasteiger partial charge is 0.223 e. The summed E-state index contributed by atoms with van der Waals surface area (Å²) < 4.78 is 0. The molecule has 0 saturated carbocycles. The van der Waals surface area contributed by atoms with E-state index >= 15 is 0 Å². The summed E-state index contributed by atoms with van der Waals surface area (Å²) in [4.78, 5) is 14.1. The van der Waals surface area contributed by atoms with Crippen LogP contribution in [0.15, 0.2) is 84.4 Å². The summed E-state index contributed by atoms with van der Waals surface area (Å²) in [6.45, 7) is 4.74. The van der Waals surface area contributed by atoms with E-state index in [9.17, 15) is 4.79 Å². The lowest BCUT2D eigenvalue weighted by atomic mass is 9.83. The molecule has 0 radical (unpaired) electrons. The van der Waals surface area contributed by atoms with Gasteiger partial charge in [-0.05, 0) is 47.6 Å². The molecule has 0 bridgehead atoms. The van der Waals surface area contributed by atoms with Crippen molar-refractivity contribution in [2.75, 3.05) is 27.7 Å².